The minimum Gasteiger partial charge on any atom is -0.251 e. The first-order chi connectivity index (χ1) is 7.85. The first kappa shape index (κ1) is 14.9. The predicted octanol–water partition coefficient (Wildman–Crippen LogP) is 1.58. The lowest BCUT2D eigenvalue weighted by Gasteiger charge is -2.40. The Morgan fingerprint density at radius 3 is 2.29 bits per heavy atom. The van der Waals surface area contributed by atoms with Gasteiger partial charge in [0, 0.05) is 23.9 Å². The maximum Gasteiger partial charge on any atom is 0.151 e. The molecule has 0 aromatic heterocycles. The molecule has 17 heavy (non-hydrogen) atoms. The largest absolute Gasteiger partial charge is 0.251 e. The van der Waals surface area contributed by atoms with Gasteiger partial charge in [0.25, 0.3) is 0 Å². The van der Waals surface area contributed by atoms with Crippen LogP contribution in [0.5, 0.6) is 0 Å². The Balaban J connectivity index is 2.52. The molecule has 0 saturated carbocycles. The van der Waals surface area contributed by atoms with Crippen molar-refractivity contribution in [1.29, 1.82) is 0 Å². The van der Waals surface area contributed by atoms with E-state index in [4.69, 9.17) is 0 Å². The molecule has 1 heterocycles. The van der Waals surface area contributed by atoms with Crippen molar-refractivity contribution in [1.82, 2.24) is 10.4 Å². The van der Waals surface area contributed by atoms with Crippen LogP contribution in [0.3, 0.4) is 0 Å². The van der Waals surface area contributed by atoms with Gasteiger partial charge in [-0.1, -0.05) is 13.3 Å². The molecule has 5 heteroatoms. The van der Waals surface area contributed by atoms with Crippen LogP contribution in [0, 0.1) is 0 Å². The van der Waals surface area contributed by atoms with E-state index in [9.17, 15) is 8.42 Å². The second kappa shape index (κ2) is 6.16. The Hall–Kier alpha value is -0.130. The monoisotopic (exact) mass is 262 g/mol. The fourth-order valence-corrected chi connectivity index (χ4v) is 3.54. The van der Waals surface area contributed by atoms with Gasteiger partial charge in [0.05, 0.1) is 5.75 Å². The molecule has 1 N–H and O–H groups in total. The van der Waals surface area contributed by atoms with Gasteiger partial charge >= 0.3 is 0 Å². The van der Waals surface area contributed by atoms with E-state index in [2.05, 4.69) is 24.3 Å². The van der Waals surface area contributed by atoms with Gasteiger partial charge in [-0.25, -0.2) is 13.4 Å². The van der Waals surface area contributed by atoms with E-state index >= 15 is 0 Å². The lowest BCUT2D eigenvalue weighted by atomic mass is 10.00. The number of sulfone groups is 1. The highest BCUT2D eigenvalue weighted by Gasteiger charge is 2.26. The second-order valence-electron chi connectivity index (χ2n) is 5.27. The van der Waals surface area contributed by atoms with E-state index in [0.717, 1.165) is 0 Å². The summed E-state index contributed by atoms with van der Waals surface area (Å²) in [7, 11) is -2.89. The highest BCUT2D eigenvalue weighted by molar-refractivity contribution is 7.91. The standard InChI is InChI=1S/C12H26N2O2S/c1-5-17(15,16)9-10(2)13-14-11(3)7-6-8-12(14)4/h10-13H,5-9H2,1-4H3. The van der Waals surface area contributed by atoms with Crippen LogP contribution >= 0.6 is 0 Å². The minimum atomic E-state index is -2.89. The van der Waals surface area contributed by atoms with E-state index < -0.39 is 9.84 Å². The fourth-order valence-electron chi connectivity index (χ4n) is 2.47. The van der Waals surface area contributed by atoms with Crippen molar-refractivity contribution in [2.75, 3.05) is 11.5 Å². The van der Waals surface area contributed by atoms with Crippen LogP contribution in [0.25, 0.3) is 0 Å². The van der Waals surface area contributed by atoms with Crippen molar-refractivity contribution >= 4 is 9.84 Å². The summed E-state index contributed by atoms with van der Waals surface area (Å²) >= 11 is 0. The Labute approximate surface area is 106 Å². The van der Waals surface area contributed by atoms with Gasteiger partial charge < -0.3 is 0 Å². The topological polar surface area (TPSA) is 49.4 Å². The van der Waals surface area contributed by atoms with Gasteiger partial charge in [0.1, 0.15) is 0 Å². The molecule has 0 radical (unpaired) electrons. The average molecular weight is 262 g/mol. The summed E-state index contributed by atoms with van der Waals surface area (Å²) in [6, 6.07) is 0.971. The summed E-state index contributed by atoms with van der Waals surface area (Å²) in [5.41, 5.74) is 3.36. The molecule has 0 aromatic rings. The zero-order valence-electron chi connectivity index (χ0n) is 11.4. The van der Waals surface area contributed by atoms with Crippen molar-refractivity contribution < 1.29 is 8.42 Å². The molecule has 0 amide bonds. The summed E-state index contributed by atoms with van der Waals surface area (Å²) in [5, 5.41) is 2.24. The SMILES string of the molecule is CCS(=O)(=O)CC(C)NN1C(C)CCCC1C. The first-order valence-electron chi connectivity index (χ1n) is 6.60. The van der Waals surface area contributed by atoms with Gasteiger partial charge in [-0.15, -0.1) is 0 Å². The number of nitrogens with zero attached hydrogens (tertiary/aromatic N) is 1. The van der Waals surface area contributed by atoms with Crippen molar-refractivity contribution in [3.8, 4) is 0 Å². The number of hydrogen-bond donors (Lipinski definition) is 1. The molecule has 1 saturated heterocycles. The maximum absolute atomic E-state index is 11.6. The van der Waals surface area contributed by atoms with Gasteiger partial charge in [0.15, 0.2) is 9.84 Å². The number of piperidine rings is 1. The zero-order chi connectivity index (χ0) is 13.1. The lowest BCUT2D eigenvalue weighted by molar-refractivity contribution is 0.0355. The van der Waals surface area contributed by atoms with E-state index in [1.165, 1.54) is 19.3 Å². The summed E-state index contributed by atoms with van der Waals surface area (Å²) in [6.07, 6.45) is 3.64. The van der Waals surface area contributed by atoms with Crippen LogP contribution in [0.2, 0.25) is 0 Å². The molecular formula is C12H26N2O2S. The smallest absolute Gasteiger partial charge is 0.151 e. The lowest BCUT2D eigenvalue weighted by Crippen LogP contribution is -2.56. The van der Waals surface area contributed by atoms with Gasteiger partial charge in [0.2, 0.25) is 0 Å². The van der Waals surface area contributed by atoms with Crippen molar-refractivity contribution in [2.24, 2.45) is 0 Å². The molecule has 0 aliphatic carbocycles. The van der Waals surface area contributed by atoms with Crippen molar-refractivity contribution in [3.05, 3.63) is 0 Å². The Bertz CT molecular complexity index is 319. The van der Waals surface area contributed by atoms with Crippen LogP contribution in [0.1, 0.15) is 47.0 Å². The molecule has 1 rings (SSSR count). The average Bonchev–Trinajstić information content (AvgIpc) is 2.23. The molecule has 0 aromatic carbocycles. The van der Waals surface area contributed by atoms with Crippen LogP contribution in [0.15, 0.2) is 0 Å². The van der Waals surface area contributed by atoms with Gasteiger partial charge in [-0.05, 0) is 33.6 Å². The number of hydrazine groups is 1. The summed E-state index contributed by atoms with van der Waals surface area (Å²) in [5.74, 6) is 0.448. The predicted molar refractivity (Wildman–Crippen MR) is 71.5 cm³/mol. The number of nitrogens with one attached hydrogen (secondary N) is 1. The normalized spacial score (nSPS) is 29.2. The maximum atomic E-state index is 11.6. The van der Waals surface area contributed by atoms with Crippen molar-refractivity contribution in [3.63, 3.8) is 0 Å². The zero-order valence-corrected chi connectivity index (χ0v) is 12.3. The number of rotatable bonds is 5. The highest BCUT2D eigenvalue weighted by atomic mass is 32.2. The van der Waals surface area contributed by atoms with Crippen LogP contribution < -0.4 is 5.43 Å². The quantitative estimate of drug-likeness (QED) is 0.817. The van der Waals surface area contributed by atoms with E-state index in [0.29, 0.717) is 12.1 Å². The third kappa shape index (κ3) is 4.56. The van der Waals surface area contributed by atoms with Gasteiger partial charge in [-0.3, -0.25) is 5.43 Å². The molecule has 0 bridgehead atoms. The fraction of sp³-hybridized carbons (Fsp3) is 1.00. The molecular weight excluding hydrogens is 236 g/mol. The number of hydrogen-bond acceptors (Lipinski definition) is 4. The molecule has 3 unspecified atom stereocenters. The summed E-state index contributed by atoms with van der Waals surface area (Å²) < 4.78 is 23.1. The first-order valence-corrected chi connectivity index (χ1v) is 8.42. The molecule has 1 aliphatic rings. The van der Waals surface area contributed by atoms with Crippen LogP contribution in [-0.2, 0) is 9.84 Å². The highest BCUT2D eigenvalue weighted by Crippen LogP contribution is 2.20. The van der Waals surface area contributed by atoms with E-state index in [1.807, 2.05) is 6.92 Å². The summed E-state index contributed by atoms with van der Waals surface area (Å²) in [4.78, 5) is 0. The molecule has 1 fully saturated rings. The molecule has 4 nitrogen and oxygen atoms in total. The molecule has 102 valence electrons. The Kier molecular flexibility index (Phi) is 5.41. The van der Waals surface area contributed by atoms with E-state index in [1.54, 1.807) is 6.92 Å². The third-order valence-corrected chi connectivity index (χ3v) is 5.39. The summed E-state index contributed by atoms with van der Waals surface area (Å²) in [6.45, 7) is 8.04. The molecule has 0 spiro atoms. The van der Waals surface area contributed by atoms with Crippen LogP contribution in [-0.4, -0.2) is 43.1 Å². The molecule has 1 aliphatic heterocycles. The van der Waals surface area contributed by atoms with E-state index in [-0.39, 0.29) is 17.5 Å². The second-order valence-corrected chi connectivity index (χ2v) is 7.66. The Morgan fingerprint density at radius 2 is 1.82 bits per heavy atom. The van der Waals surface area contributed by atoms with Crippen LogP contribution in [0.4, 0.5) is 0 Å². The Morgan fingerprint density at radius 1 is 1.29 bits per heavy atom. The minimum absolute atomic E-state index is 0.0112. The third-order valence-electron chi connectivity index (χ3n) is 3.51. The van der Waals surface area contributed by atoms with Crippen molar-refractivity contribution in [2.45, 2.75) is 65.1 Å². The van der Waals surface area contributed by atoms with Gasteiger partial charge in [-0.2, -0.15) is 0 Å². The molecule has 3 atom stereocenters.